The van der Waals surface area contributed by atoms with Crippen molar-refractivity contribution < 1.29 is 33.8 Å². The highest BCUT2D eigenvalue weighted by Crippen LogP contribution is 2.53. The fourth-order valence-corrected chi connectivity index (χ4v) is 7.30. The molecule has 39 heavy (non-hydrogen) atoms. The van der Waals surface area contributed by atoms with Gasteiger partial charge >= 0.3 is 10.8 Å². The summed E-state index contributed by atoms with van der Waals surface area (Å²) in [6.45, 7) is 0.862. The number of amides is 3. The lowest BCUT2D eigenvalue weighted by Crippen LogP contribution is -2.36. The molecule has 1 aromatic heterocycles. The van der Waals surface area contributed by atoms with Crippen molar-refractivity contribution in [3.8, 4) is 11.5 Å². The molecular formula is C26H23N3O8S2. The Hall–Kier alpha value is -4.10. The van der Waals surface area contributed by atoms with Crippen LogP contribution in [0.25, 0.3) is 0 Å². The van der Waals surface area contributed by atoms with Crippen molar-refractivity contribution in [3.63, 3.8) is 0 Å². The molecule has 0 bridgehead atoms. The minimum Gasteiger partial charge on any atom is -0.493 e. The van der Waals surface area contributed by atoms with Gasteiger partial charge in [-0.25, -0.2) is 0 Å². The Kier molecular flexibility index (Phi) is 7.19. The molecule has 1 fully saturated rings. The number of anilines is 1. The van der Waals surface area contributed by atoms with E-state index in [1.54, 1.807) is 24.3 Å². The fraction of sp³-hybridized carbons (Fsp3) is 0.269. The van der Waals surface area contributed by atoms with Crippen molar-refractivity contribution in [2.45, 2.75) is 23.1 Å². The molecule has 0 radical (unpaired) electrons. The van der Waals surface area contributed by atoms with Gasteiger partial charge in [-0.05, 0) is 36.2 Å². The first kappa shape index (κ1) is 26.5. The number of benzene rings is 2. The number of nitrogens with zero attached hydrogens (tertiary/aromatic N) is 1. The zero-order valence-corrected chi connectivity index (χ0v) is 22.4. The summed E-state index contributed by atoms with van der Waals surface area (Å²) in [5, 5.41) is 11.6. The number of carboxylic acids is 1. The van der Waals surface area contributed by atoms with Crippen molar-refractivity contribution in [1.82, 2.24) is 9.88 Å². The van der Waals surface area contributed by atoms with E-state index in [4.69, 9.17) is 9.47 Å². The number of aromatic amines is 1. The summed E-state index contributed by atoms with van der Waals surface area (Å²) in [5.74, 6) is -3.90. The van der Waals surface area contributed by atoms with Crippen LogP contribution in [0.3, 0.4) is 0 Å². The van der Waals surface area contributed by atoms with E-state index in [-0.39, 0.29) is 28.9 Å². The Balaban J connectivity index is 1.43. The Morgan fingerprint density at radius 3 is 2.59 bits per heavy atom. The number of para-hydroxylation sites is 1. The number of thiazole rings is 1. The number of nitrogens with one attached hydrogen (secondary N) is 2. The van der Waals surface area contributed by atoms with Crippen LogP contribution in [0, 0.1) is 12.8 Å². The Labute approximate surface area is 230 Å². The summed E-state index contributed by atoms with van der Waals surface area (Å²) in [4.78, 5) is 66.0. The first-order valence-electron chi connectivity index (χ1n) is 11.8. The van der Waals surface area contributed by atoms with Gasteiger partial charge in [-0.3, -0.25) is 28.9 Å². The topological polar surface area (TPSA) is 155 Å². The summed E-state index contributed by atoms with van der Waals surface area (Å²) < 4.78 is 11.2. The minimum absolute atomic E-state index is 0.282. The van der Waals surface area contributed by atoms with Crippen LogP contribution in [0.2, 0.25) is 0 Å². The molecule has 3 amide bonds. The van der Waals surface area contributed by atoms with Crippen LogP contribution < -0.4 is 19.7 Å². The van der Waals surface area contributed by atoms with Gasteiger partial charge in [0.2, 0.25) is 11.8 Å². The molecule has 0 aliphatic carbocycles. The van der Waals surface area contributed by atoms with E-state index < -0.39 is 41.4 Å². The van der Waals surface area contributed by atoms with Gasteiger partial charge in [0.1, 0.15) is 11.8 Å². The molecular weight excluding hydrogens is 546 g/mol. The molecule has 2 unspecified atom stereocenters. The highest BCUT2D eigenvalue weighted by Gasteiger charge is 2.56. The van der Waals surface area contributed by atoms with Crippen molar-refractivity contribution in [3.05, 3.63) is 68.1 Å². The second-order valence-corrected chi connectivity index (χ2v) is 11.1. The molecule has 2 aliphatic heterocycles. The van der Waals surface area contributed by atoms with E-state index in [1.165, 1.54) is 7.11 Å². The molecule has 202 valence electrons. The number of carbonyl (C=O) groups is 4. The standard InChI is InChI=1S/C26H23N3O8S2/c1-12-5-3-4-6-14(12)27-17(30)11-37-15-8-7-13(9-16(15)36-2)19-20-22(38-23-21(19)39-26(35)28-23)25(34)29(24(20)33)10-18(31)32/h3-9,19-20,22H,10-11H2,1-2H3,(H,27,30)(H,28,35)(H,31,32)/t19-,20?,22?/m0/s1. The molecule has 0 saturated carbocycles. The molecule has 3 aromatic rings. The van der Waals surface area contributed by atoms with E-state index in [0.29, 0.717) is 21.2 Å². The lowest BCUT2D eigenvalue weighted by atomic mass is 9.83. The summed E-state index contributed by atoms with van der Waals surface area (Å²) in [7, 11) is 1.43. The summed E-state index contributed by atoms with van der Waals surface area (Å²) in [6, 6.07) is 12.3. The number of hydrogen-bond acceptors (Lipinski definition) is 9. The van der Waals surface area contributed by atoms with Crippen molar-refractivity contribution >= 4 is 52.5 Å². The molecule has 1 saturated heterocycles. The second-order valence-electron chi connectivity index (χ2n) is 8.97. The third-order valence-corrected chi connectivity index (χ3v) is 8.93. The number of aliphatic carboxylic acids is 1. The SMILES string of the molecule is COc1cc([C@@H]2c3sc(=O)[nH]c3SC3C(=O)N(CC(=O)O)C(=O)C32)ccc1OCC(=O)Nc1ccccc1C. The van der Waals surface area contributed by atoms with E-state index in [1.807, 2.05) is 25.1 Å². The number of ether oxygens (including phenoxy) is 2. The largest absolute Gasteiger partial charge is 0.493 e. The number of methoxy groups -OCH3 is 1. The van der Waals surface area contributed by atoms with Gasteiger partial charge in [0.25, 0.3) is 5.91 Å². The van der Waals surface area contributed by atoms with Crippen LogP contribution >= 0.6 is 23.1 Å². The second kappa shape index (κ2) is 10.6. The highest BCUT2D eigenvalue weighted by atomic mass is 32.2. The molecule has 3 N–H and O–H groups in total. The van der Waals surface area contributed by atoms with Gasteiger partial charge in [-0.2, -0.15) is 0 Å². The Morgan fingerprint density at radius 1 is 1.10 bits per heavy atom. The van der Waals surface area contributed by atoms with E-state index >= 15 is 0 Å². The molecule has 0 spiro atoms. The number of thioether (sulfide) groups is 1. The number of rotatable bonds is 8. The predicted molar refractivity (Wildman–Crippen MR) is 143 cm³/mol. The van der Waals surface area contributed by atoms with Gasteiger partial charge in [0, 0.05) is 16.5 Å². The lowest BCUT2D eigenvalue weighted by Gasteiger charge is -2.30. The lowest BCUT2D eigenvalue weighted by molar-refractivity contribution is -0.149. The quantitative estimate of drug-likeness (QED) is 0.347. The van der Waals surface area contributed by atoms with Crippen LogP contribution in [-0.4, -0.2) is 64.2 Å². The maximum atomic E-state index is 13.3. The summed E-state index contributed by atoms with van der Waals surface area (Å²) in [6.07, 6.45) is 0. The predicted octanol–water partition coefficient (Wildman–Crippen LogP) is 2.45. The molecule has 2 aliphatic rings. The van der Waals surface area contributed by atoms with Crippen LogP contribution in [-0.2, 0) is 19.2 Å². The Bertz CT molecular complexity index is 1550. The number of fused-ring (bicyclic) bond motifs is 2. The number of likely N-dealkylation sites (tertiary alicyclic amines) is 1. The zero-order valence-electron chi connectivity index (χ0n) is 20.8. The smallest absolute Gasteiger partial charge is 0.323 e. The first-order chi connectivity index (χ1) is 18.7. The van der Waals surface area contributed by atoms with Gasteiger partial charge in [0.15, 0.2) is 18.1 Å². The number of imide groups is 1. The maximum Gasteiger partial charge on any atom is 0.323 e. The van der Waals surface area contributed by atoms with Crippen LogP contribution in [0.1, 0.15) is 21.9 Å². The fourth-order valence-electron chi connectivity index (χ4n) is 4.76. The van der Waals surface area contributed by atoms with E-state index in [9.17, 15) is 29.1 Å². The summed E-state index contributed by atoms with van der Waals surface area (Å²) >= 11 is 2.00. The van der Waals surface area contributed by atoms with Gasteiger partial charge < -0.3 is 24.9 Å². The van der Waals surface area contributed by atoms with Crippen molar-refractivity contribution in [1.29, 1.82) is 0 Å². The number of carboxylic acid groups (broad SMARTS) is 1. The van der Waals surface area contributed by atoms with Gasteiger partial charge in [-0.1, -0.05) is 47.4 Å². The monoisotopic (exact) mass is 569 g/mol. The van der Waals surface area contributed by atoms with Gasteiger partial charge in [0.05, 0.1) is 18.1 Å². The number of aryl methyl sites for hydroxylation is 1. The molecule has 13 heteroatoms. The molecule has 11 nitrogen and oxygen atoms in total. The summed E-state index contributed by atoms with van der Waals surface area (Å²) in [5.41, 5.74) is 2.16. The maximum absolute atomic E-state index is 13.3. The van der Waals surface area contributed by atoms with Crippen LogP contribution in [0.15, 0.2) is 52.3 Å². The highest BCUT2D eigenvalue weighted by molar-refractivity contribution is 8.00. The van der Waals surface area contributed by atoms with Gasteiger partial charge in [-0.15, -0.1) is 0 Å². The average Bonchev–Trinajstić information content (AvgIpc) is 3.39. The van der Waals surface area contributed by atoms with Crippen molar-refractivity contribution in [2.75, 3.05) is 25.6 Å². The molecule has 3 heterocycles. The normalized spacial score (nSPS) is 19.8. The van der Waals surface area contributed by atoms with E-state index in [2.05, 4.69) is 10.3 Å². The molecule has 3 atom stereocenters. The Morgan fingerprint density at radius 2 is 1.87 bits per heavy atom. The number of H-pyrrole nitrogens is 1. The third kappa shape index (κ3) is 5.02. The number of hydrogen-bond donors (Lipinski definition) is 3. The molecule has 2 aromatic carbocycles. The van der Waals surface area contributed by atoms with Crippen LogP contribution in [0.5, 0.6) is 11.5 Å². The molecule has 5 rings (SSSR count). The van der Waals surface area contributed by atoms with Crippen LogP contribution in [0.4, 0.5) is 5.69 Å². The zero-order chi connectivity index (χ0) is 27.8. The third-order valence-electron chi connectivity index (χ3n) is 6.53. The van der Waals surface area contributed by atoms with E-state index in [0.717, 1.165) is 33.6 Å². The first-order valence-corrected chi connectivity index (χ1v) is 13.5. The minimum atomic E-state index is -1.30. The number of aromatic nitrogens is 1. The average molecular weight is 570 g/mol. The van der Waals surface area contributed by atoms with Crippen molar-refractivity contribution in [2.24, 2.45) is 5.92 Å². The number of carbonyl (C=O) groups excluding carboxylic acids is 3.